The molecule has 1 rings (SSSR count). The molecule has 0 fully saturated rings. The number of hydrogen-bond acceptors (Lipinski definition) is 3. The van der Waals surface area contributed by atoms with Crippen molar-refractivity contribution in [3.63, 3.8) is 0 Å². The molecule has 1 unspecified atom stereocenters. The van der Waals surface area contributed by atoms with Gasteiger partial charge in [-0.15, -0.1) is 0 Å². The highest BCUT2D eigenvalue weighted by Gasteiger charge is 2.21. The number of ketones is 1. The molecule has 0 bridgehead atoms. The highest BCUT2D eigenvalue weighted by atomic mass is 16.3. The number of amides is 1. The van der Waals surface area contributed by atoms with Crippen LogP contribution in [0, 0.1) is 5.92 Å². The van der Waals surface area contributed by atoms with Gasteiger partial charge in [-0.25, -0.2) is 0 Å². The zero-order valence-corrected chi connectivity index (χ0v) is 6.61. The second-order valence-corrected chi connectivity index (χ2v) is 2.47. The van der Waals surface area contributed by atoms with E-state index in [0.29, 0.717) is 0 Å². The second kappa shape index (κ2) is 3.21. The van der Waals surface area contributed by atoms with E-state index in [2.05, 4.69) is 0 Å². The van der Waals surface area contributed by atoms with Crippen LogP contribution in [0.5, 0.6) is 0 Å². The van der Waals surface area contributed by atoms with Crippen molar-refractivity contribution in [2.75, 3.05) is 0 Å². The van der Waals surface area contributed by atoms with Crippen LogP contribution in [-0.2, 0) is 4.79 Å². The first-order chi connectivity index (χ1) is 5.63. The standard InChI is InChI=1S/C8H9NO3/c1-5(8(9)11)7(10)6-3-2-4-12-6/h2-5H,1H3,(H2,9,11). The van der Waals surface area contributed by atoms with Crippen LogP contribution in [0.4, 0.5) is 0 Å². The predicted octanol–water partition coefficient (Wildman–Crippen LogP) is 0.584. The molecule has 4 nitrogen and oxygen atoms in total. The number of nitrogens with two attached hydrogens (primary N) is 1. The number of rotatable bonds is 3. The molecule has 0 aliphatic heterocycles. The molecular weight excluding hydrogens is 158 g/mol. The van der Waals surface area contributed by atoms with E-state index in [1.165, 1.54) is 19.3 Å². The summed E-state index contributed by atoms with van der Waals surface area (Å²) < 4.78 is 4.81. The van der Waals surface area contributed by atoms with Crippen LogP contribution >= 0.6 is 0 Å². The van der Waals surface area contributed by atoms with Crippen molar-refractivity contribution in [2.24, 2.45) is 11.7 Å². The number of hydrogen-bond donors (Lipinski definition) is 1. The molecule has 1 heterocycles. The Bertz CT molecular complexity index is 289. The third-order valence-corrected chi connectivity index (χ3v) is 1.58. The zero-order valence-electron chi connectivity index (χ0n) is 6.61. The summed E-state index contributed by atoms with van der Waals surface area (Å²) in [6.45, 7) is 1.45. The normalized spacial score (nSPS) is 12.4. The SMILES string of the molecule is CC(C(N)=O)C(=O)c1ccco1. The Labute approximate surface area is 69.3 Å². The van der Waals surface area contributed by atoms with Crippen molar-refractivity contribution in [1.82, 2.24) is 0 Å². The fourth-order valence-corrected chi connectivity index (χ4v) is 0.761. The van der Waals surface area contributed by atoms with Gasteiger partial charge in [0.2, 0.25) is 11.7 Å². The minimum absolute atomic E-state index is 0.168. The molecular formula is C8H9NO3. The summed E-state index contributed by atoms with van der Waals surface area (Å²) in [5.41, 5.74) is 4.94. The van der Waals surface area contributed by atoms with Crippen molar-refractivity contribution >= 4 is 11.7 Å². The molecule has 0 aliphatic carbocycles. The summed E-state index contributed by atoms with van der Waals surface area (Å²) in [5, 5.41) is 0. The topological polar surface area (TPSA) is 73.3 Å². The lowest BCUT2D eigenvalue weighted by molar-refractivity contribution is -0.120. The van der Waals surface area contributed by atoms with E-state index in [4.69, 9.17) is 10.2 Å². The molecule has 0 saturated heterocycles. The van der Waals surface area contributed by atoms with Gasteiger partial charge >= 0.3 is 0 Å². The number of furan rings is 1. The fourth-order valence-electron chi connectivity index (χ4n) is 0.761. The van der Waals surface area contributed by atoms with Crippen LogP contribution in [0.3, 0.4) is 0 Å². The van der Waals surface area contributed by atoms with Crippen molar-refractivity contribution in [3.8, 4) is 0 Å². The number of carbonyl (C=O) groups excluding carboxylic acids is 2. The molecule has 0 aromatic carbocycles. The van der Waals surface area contributed by atoms with Gasteiger partial charge in [0.05, 0.1) is 6.26 Å². The maximum atomic E-state index is 11.3. The molecule has 4 heteroatoms. The van der Waals surface area contributed by atoms with Crippen LogP contribution in [0.15, 0.2) is 22.8 Å². The lowest BCUT2D eigenvalue weighted by atomic mass is 10.0. The largest absolute Gasteiger partial charge is 0.461 e. The average Bonchev–Trinajstić information content (AvgIpc) is 2.53. The second-order valence-electron chi connectivity index (χ2n) is 2.47. The van der Waals surface area contributed by atoms with Gasteiger partial charge in [0, 0.05) is 0 Å². The highest BCUT2D eigenvalue weighted by Crippen LogP contribution is 2.08. The summed E-state index contributed by atoms with van der Waals surface area (Å²) in [4.78, 5) is 21.8. The minimum Gasteiger partial charge on any atom is -0.461 e. The molecule has 1 aromatic rings. The lowest BCUT2D eigenvalue weighted by Gasteiger charge is -2.01. The highest BCUT2D eigenvalue weighted by molar-refractivity contribution is 6.07. The van der Waals surface area contributed by atoms with Crippen LogP contribution in [0.2, 0.25) is 0 Å². The van der Waals surface area contributed by atoms with Crippen LogP contribution in [-0.4, -0.2) is 11.7 Å². The third kappa shape index (κ3) is 1.53. The van der Waals surface area contributed by atoms with E-state index in [1.54, 1.807) is 6.07 Å². The monoisotopic (exact) mass is 167 g/mol. The average molecular weight is 167 g/mol. The molecule has 1 aromatic heterocycles. The van der Waals surface area contributed by atoms with Crippen LogP contribution in [0.25, 0.3) is 0 Å². The molecule has 1 amide bonds. The van der Waals surface area contributed by atoms with E-state index in [9.17, 15) is 9.59 Å². The third-order valence-electron chi connectivity index (χ3n) is 1.58. The van der Waals surface area contributed by atoms with Crippen molar-refractivity contribution < 1.29 is 14.0 Å². The van der Waals surface area contributed by atoms with Crippen molar-refractivity contribution in [2.45, 2.75) is 6.92 Å². The fraction of sp³-hybridized carbons (Fsp3) is 0.250. The molecule has 12 heavy (non-hydrogen) atoms. The van der Waals surface area contributed by atoms with Gasteiger partial charge in [-0.2, -0.15) is 0 Å². The van der Waals surface area contributed by atoms with Crippen molar-refractivity contribution in [3.05, 3.63) is 24.2 Å². The van der Waals surface area contributed by atoms with E-state index < -0.39 is 11.8 Å². The van der Waals surface area contributed by atoms with Gasteiger partial charge in [0.25, 0.3) is 0 Å². The Morgan fingerprint density at radius 1 is 1.58 bits per heavy atom. The Hall–Kier alpha value is -1.58. The van der Waals surface area contributed by atoms with Crippen LogP contribution < -0.4 is 5.73 Å². The van der Waals surface area contributed by atoms with E-state index in [1.807, 2.05) is 0 Å². The summed E-state index contributed by atoms with van der Waals surface area (Å²) in [5.74, 6) is -1.68. The van der Waals surface area contributed by atoms with E-state index in [0.717, 1.165) is 0 Å². The van der Waals surface area contributed by atoms with Gasteiger partial charge in [0.15, 0.2) is 5.76 Å². The molecule has 0 saturated carbocycles. The quantitative estimate of drug-likeness (QED) is 0.528. The van der Waals surface area contributed by atoms with Crippen LogP contribution in [0.1, 0.15) is 17.5 Å². The maximum absolute atomic E-state index is 11.3. The first-order valence-corrected chi connectivity index (χ1v) is 3.50. The summed E-state index contributed by atoms with van der Waals surface area (Å²) in [6, 6.07) is 3.09. The molecule has 0 radical (unpaired) electrons. The molecule has 0 spiro atoms. The zero-order chi connectivity index (χ0) is 9.14. The molecule has 0 aliphatic rings. The Morgan fingerprint density at radius 3 is 2.67 bits per heavy atom. The molecule has 2 N–H and O–H groups in total. The Balaban J connectivity index is 2.79. The molecule has 1 atom stereocenters. The van der Waals surface area contributed by atoms with Crippen molar-refractivity contribution in [1.29, 1.82) is 0 Å². The predicted molar refractivity (Wildman–Crippen MR) is 41.4 cm³/mol. The lowest BCUT2D eigenvalue weighted by Crippen LogP contribution is -2.27. The number of Topliss-reactive ketones (excluding diaryl/α,β-unsaturated/α-hetero) is 1. The number of primary amides is 1. The maximum Gasteiger partial charge on any atom is 0.228 e. The smallest absolute Gasteiger partial charge is 0.228 e. The Morgan fingerprint density at radius 2 is 2.25 bits per heavy atom. The Kier molecular flexibility index (Phi) is 2.28. The van der Waals surface area contributed by atoms with Gasteiger partial charge in [0.1, 0.15) is 5.92 Å². The first kappa shape index (κ1) is 8.52. The summed E-state index contributed by atoms with van der Waals surface area (Å²) in [6.07, 6.45) is 1.38. The van der Waals surface area contributed by atoms with E-state index >= 15 is 0 Å². The van der Waals surface area contributed by atoms with Gasteiger partial charge in [-0.3, -0.25) is 9.59 Å². The minimum atomic E-state index is -0.823. The summed E-state index contributed by atoms with van der Waals surface area (Å²) >= 11 is 0. The van der Waals surface area contributed by atoms with E-state index in [-0.39, 0.29) is 11.5 Å². The first-order valence-electron chi connectivity index (χ1n) is 3.50. The molecule has 64 valence electrons. The number of carbonyl (C=O) groups is 2. The van der Waals surface area contributed by atoms with Gasteiger partial charge in [-0.05, 0) is 19.1 Å². The van der Waals surface area contributed by atoms with Gasteiger partial charge < -0.3 is 10.2 Å². The summed E-state index contributed by atoms with van der Waals surface area (Å²) in [7, 11) is 0. The van der Waals surface area contributed by atoms with Gasteiger partial charge in [-0.1, -0.05) is 0 Å².